The maximum absolute atomic E-state index is 13.6. The summed E-state index contributed by atoms with van der Waals surface area (Å²) >= 11 is 0. The van der Waals surface area contributed by atoms with E-state index in [1.807, 2.05) is 30.3 Å². The third kappa shape index (κ3) is 2.14. The molecule has 1 aromatic carbocycles. The number of pyridine rings is 1. The van der Waals surface area contributed by atoms with Gasteiger partial charge in [0.2, 0.25) is 0 Å². The van der Waals surface area contributed by atoms with Crippen molar-refractivity contribution in [3.05, 3.63) is 54.2 Å². The summed E-state index contributed by atoms with van der Waals surface area (Å²) in [4.78, 5) is 17.3. The topological polar surface area (TPSA) is 42.4 Å². The molecule has 19 heavy (non-hydrogen) atoms. The van der Waals surface area contributed by atoms with E-state index in [0.29, 0.717) is 5.82 Å². The maximum atomic E-state index is 13.6. The molecule has 2 aromatic rings. The van der Waals surface area contributed by atoms with Gasteiger partial charge in [-0.3, -0.25) is 9.69 Å². The minimum atomic E-state index is -1.97. The Morgan fingerprint density at radius 2 is 2.00 bits per heavy atom. The molecule has 0 saturated carbocycles. The Bertz CT molecular complexity index is 603. The molecule has 0 fully saturated rings. The first-order chi connectivity index (χ1) is 9.25. The second-order valence-electron chi connectivity index (χ2n) is 4.17. The van der Waals surface area contributed by atoms with Crippen molar-refractivity contribution >= 4 is 11.7 Å². The molecule has 1 atom stereocenters. The smallest absolute Gasteiger partial charge is 0.317 e. The fourth-order valence-corrected chi connectivity index (χ4v) is 1.98. The van der Waals surface area contributed by atoms with Gasteiger partial charge in [-0.2, -0.15) is 4.39 Å². The third-order valence-corrected chi connectivity index (χ3v) is 2.88. The molecule has 3 rings (SSSR count). The number of rotatable bonds is 2. The number of benzene rings is 1. The Kier molecular flexibility index (Phi) is 2.87. The summed E-state index contributed by atoms with van der Waals surface area (Å²) in [5.74, 6) is -0.0918. The fourth-order valence-electron chi connectivity index (χ4n) is 1.98. The molecule has 5 heteroatoms. The van der Waals surface area contributed by atoms with Crippen molar-refractivity contribution < 1.29 is 13.9 Å². The number of nitrogens with zero attached hydrogens (tertiary/aromatic N) is 2. The van der Waals surface area contributed by atoms with Gasteiger partial charge in [-0.25, -0.2) is 4.98 Å². The van der Waals surface area contributed by atoms with Gasteiger partial charge < -0.3 is 4.74 Å². The number of fused-ring (bicyclic) bond motifs is 1. The molecule has 0 radical (unpaired) electrons. The summed E-state index contributed by atoms with van der Waals surface area (Å²) in [6, 6.07) is 12.6. The first-order valence-corrected chi connectivity index (χ1v) is 5.87. The van der Waals surface area contributed by atoms with Crippen LogP contribution in [0.3, 0.4) is 0 Å². The summed E-state index contributed by atoms with van der Waals surface area (Å²) in [5, 5.41) is 0. The van der Waals surface area contributed by atoms with E-state index in [2.05, 4.69) is 4.98 Å². The van der Waals surface area contributed by atoms with E-state index in [1.54, 1.807) is 18.3 Å². The van der Waals surface area contributed by atoms with Gasteiger partial charge in [-0.1, -0.05) is 30.3 Å². The predicted octanol–water partition coefficient (Wildman–Crippen LogP) is 2.30. The zero-order valence-corrected chi connectivity index (χ0v) is 9.99. The molecule has 0 N–H and O–H groups in total. The number of carbonyl (C=O) groups is 1. The van der Waals surface area contributed by atoms with Crippen molar-refractivity contribution in [1.29, 1.82) is 0 Å². The number of amides is 1. The molecule has 4 nitrogen and oxygen atoms in total. The molecule has 1 aliphatic rings. The second-order valence-corrected chi connectivity index (χ2v) is 4.17. The molecule has 1 unspecified atom stereocenters. The van der Waals surface area contributed by atoms with E-state index in [1.165, 1.54) is 4.90 Å². The number of anilines is 1. The van der Waals surface area contributed by atoms with Crippen LogP contribution >= 0.6 is 0 Å². The van der Waals surface area contributed by atoms with E-state index in [0.717, 1.165) is 5.56 Å². The van der Waals surface area contributed by atoms with E-state index in [9.17, 15) is 9.18 Å². The van der Waals surface area contributed by atoms with Gasteiger partial charge in [0.1, 0.15) is 0 Å². The average molecular weight is 258 g/mol. The van der Waals surface area contributed by atoms with Gasteiger partial charge in [0.05, 0.1) is 6.54 Å². The highest BCUT2D eigenvalue weighted by atomic mass is 19.1. The Morgan fingerprint density at radius 3 is 2.79 bits per heavy atom. The summed E-state index contributed by atoms with van der Waals surface area (Å²) in [7, 11) is 0. The zero-order valence-electron chi connectivity index (χ0n) is 9.99. The van der Waals surface area contributed by atoms with Gasteiger partial charge in [0.25, 0.3) is 0 Å². The van der Waals surface area contributed by atoms with E-state index >= 15 is 0 Å². The molecule has 0 aliphatic carbocycles. The lowest BCUT2D eigenvalue weighted by atomic mass is 10.2. The summed E-state index contributed by atoms with van der Waals surface area (Å²) < 4.78 is 18.5. The second kappa shape index (κ2) is 4.68. The van der Waals surface area contributed by atoms with Crippen molar-refractivity contribution in [2.24, 2.45) is 0 Å². The molecule has 1 aromatic heterocycles. The van der Waals surface area contributed by atoms with E-state index in [4.69, 9.17) is 4.74 Å². The molecule has 2 heterocycles. The van der Waals surface area contributed by atoms with E-state index < -0.39 is 12.3 Å². The lowest BCUT2D eigenvalue weighted by Crippen LogP contribution is -2.43. The van der Waals surface area contributed by atoms with E-state index in [-0.39, 0.29) is 12.3 Å². The number of halogens is 1. The SMILES string of the molecule is O=C1C(F)Oc2cccnc2N1Cc1ccccc1. The minimum absolute atomic E-state index is 0.271. The molecule has 0 bridgehead atoms. The van der Waals surface area contributed by atoms with Crippen molar-refractivity contribution in [3.63, 3.8) is 0 Å². The van der Waals surface area contributed by atoms with Gasteiger partial charge in [0, 0.05) is 6.20 Å². The fraction of sp³-hybridized carbons (Fsp3) is 0.143. The predicted molar refractivity (Wildman–Crippen MR) is 67.4 cm³/mol. The summed E-state index contributed by atoms with van der Waals surface area (Å²) in [6.07, 6.45) is -0.424. The van der Waals surface area contributed by atoms with Gasteiger partial charge >= 0.3 is 12.3 Å². The number of hydrogen-bond donors (Lipinski definition) is 0. The lowest BCUT2D eigenvalue weighted by Gasteiger charge is -2.29. The maximum Gasteiger partial charge on any atom is 0.317 e. The number of ether oxygens (including phenoxy) is 1. The molecular formula is C14H11FN2O2. The van der Waals surface area contributed by atoms with Crippen molar-refractivity contribution in [1.82, 2.24) is 4.98 Å². The molecule has 0 saturated heterocycles. The molecule has 0 spiro atoms. The monoisotopic (exact) mass is 258 g/mol. The van der Waals surface area contributed by atoms with Crippen LogP contribution in [-0.4, -0.2) is 17.2 Å². The minimum Gasteiger partial charge on any atom is -0.448 e. The average Bonchev–Trinajstić information content (AvgIpc) is 2.45. The van der Waals surface area contributed by atoms with Crippen LogP contribution in [0.25, 0.3) is 0 Å². The number of carbonyl (C=O) groups excluding carboxylic acids is 1. The Hall–Kier alpha value is -2.43. The highest BCUT2D eigenvalue weighted by Gasteiger charge is 2.35. The lowest BCUT2D eigenvalue weighted by molar-refractivity contribution is -0.134. The van der Waals surface area contributed by atoms with Crippen LogP contribution in [0.1, 0.15) is 5.56 Å². The van der Waals surface area contributed by atoms with Crippen molar-refractivity contribution in [2.75, 3.05) is 4.90 Å². The summed E-state index contributed by atoms with van der Waals surface area (Å²) in [6.45, 7) is 0.271. The van der Waals surface area contributed by atoms with Crippen LogP contribution in [0.5, 0.6) is 5.75 Å². The highest BCUT2D eigenvalue weighted by molar-refractivity contribution is 5.97. The highest BCUT2D eigenvalue weighted by Crippen LogP contribution is 2.32. The largest absolute Gasteiger partial charge is 0.448 e. The molecule has 96 valence electrons. The van der Waals surface area contributed by atoms with Crippen LogP contribution in [-0.2, 0) is 11.3 Å². The molecule has 1 aliphatic heterocycles. The third-order valence-electron chi connectivity index (χ3n) is 2.88. The quantitative estimate of drug-likeness (QED) is 0.830. The Labute approximate surface area is 109 Å². The molecular weight excluding hydrogens is 247 g/mol. The zero-order chi connectivity index (χ0) is 13.2. The van der Waals surface area contributed by atoms with Gasteiger partial charge in [-0.15, -0.1) is 0 Å². The van der Waals surface area contributed by atoms with Crippen LogP contribution < -0.4 is 9.64 Å². The summed E-state index contributed by atoms with van der Waals surface area (Å²) in [5.41, 5.74) is 0.904. The number of alkyl halides is 1. The number of aromatic nitrogens is 1. The standard InChI is InChI=1S/C14H11FN2O2/c15-12-14(18)17(9-10-5-2-1-3-6-10)13-11(19-12)7-4-8-16-13/h1-8,12H,9H2. The van der Waals surface area contributed by atoms with Crippen LogP contribution in [0, 0.1) is 0 Å². The Balaban J connectivity index is 1.97. The van der Waals surface area contributed by atoms with Crippen molar-refractivity contribution in [3.8, 4) is 5.75 Å². The van der Waals surface area contributed by atoms with Gasteiger partial charge in [-0.05, 0) is 17.7 Å². The van der Waals surface area contributed by atoms with Crippen LogP contribution in [0.4, 0.5) is 10.2 Å². The van der Waals surface area contributed by atoms with Crippen LogP contribution in [0.2, 0.25) is 0 Å². The van der Waals surface area contributed by atoms with Crippen molar-refractivity contribution in [2.45, 2.75) is 12.9 Å². The van der Waals surface area contributed by atoms with Crippen LogP contribution in [0.15, 0.2) is 48.7 Å². The first-order valence-electron chi connectivity index (χ1n) is 5.87. The molecule has 1 amide bonds. The Morgan fingerprint density at radius 1 is 1.21 bits per heavy atom. The van der Waals surface area contributed by atoms with Gasteiger partial charge in [0.15, 0.2) is 11.6 Å². The normalized spacial score (nSPS) is 17.8. The first kappa shape index (κ1) is 11.6. The number of hydrogen-bond acceptors (Lipinski definition) is 3.